The Morgan fingerprint density at radius 1 is 1.12 bits per heavy atom. The average molecular weight is 437 g/mol. The minimum Gasteiger partial charge on any atom is -0.299 e. The number of hydrogen-bond acceptors (Lipinski definition) is 5. The molecule has 1 N–H and O–H groups in total. The lowest BCUT2D eigenvalue weighted by Gasteiger charge is -2.35. The minimum atomic E-state index is -3.56. The summed E-state index contributed by atoms with van der Waals surface area (Å²) in [4.78, 5) is 2.43. The van der Waals surface area contributed by atoms with Crippen molar-refractivity contribution in [3.05, 3.63) is 28.7 Å². The Hall–Kier alpha value is -0.480. The third kappa shape index (κ3) is 4.19. The van der Waals surface area contributed by atoms with E-state index in [0.717, 1.165) is 13.1 Å². The highest BCUT2D eigenvalue weighted by Crippen LogP contribution is 2.24. The van der Waals surface area contributed by atoms with E-state index in [1.807, 2.05) is 0 Å². The number of sulfonamides is 1. The van der Waals surface area contributed by atoms with Gasteiger partial charge in [-0.15, -0.1) is 0 Å². The molecule has 1 aromatic rings. The van der Waals surface area contributed by atoms with E-state index in [-0.39, 0.29) is 28.5 Å². The maximum Gasteiger partial charge on any atom is 0.241 e. The maximum atomic E-state index is 12.5. The Balaban J connectivity index is 1.59. The summed E-state index contributed by atoms with van der Waals surface area (Å²) in [7, 11) is -6.44. The zero-order chi connectivity index (χ0) is 17.4. The molecule has 9 heteroatoms. The van der Waals surface area contributed by atoms with E-state index in [1.54, 1.807) is 24.3 Å². The summed E-state index contributed by atoms with van der Waals surface area (Å²) in [5, 5.41) is 0. The Kier molecular flexibility index (Phi) is 5.36. The first kappa shape index (κ1) is 18.3. The van der Waals surface area contributed by atoms with Crippen LogP contribution < -0.4 is 4.72 Å². The summed E-state index contributed by atoms with van der Waals surface area (Å²) >= 11 is 3.28. The number of nitrogens with zero attached hydrogens (tertiary/aromatic N) is 1. The number of likely N-dealkylation sites (tertiary alicyclic amines) is 1. The lowest BCUT2D eigenvalue weighted by molar-refractivity contribution is 0.161. The molecule has 0 saturated carbocycles. The Labute approximate surface area is 151 Å². The summed E-state index contributed by atoms with van der Waals surface area (Å²) in [6, 6.07) is 6.73. The monoisotopic (exact) mass is 436 g/mol. The van der Waals surface area contributed by atoms with E-state index in [4.69, 9.17) is 0 Å². The number of nitrogens with one attached hydrogen (secondary N) is 1. The highest BCUT2D eigenvalue weighted by Gasteiger charge is 2.34. The van der Waals surface area contributed by atoms with Gasteiger partial charge in [-0.05, 0) is 60.4 Å². The van der Waals surface area contributed by atoms with Crippen molar-refractivity contribution in [1.82, 2.24) is 9.62 Å². The van der Waals surface area contributed by atoms with Crippen molar-refractivity contribution in [3.63, 3.8) is 0 Å². The molecule has 2 aliphatic rings. The van der Waals surface area contributed by atoms with Crippen LogP contribution in [0.4, 0.5) is 0 Å². The fourth-order valence-electron chi connectivity index (χ4n) is 3.39. The molecule has 0 unspecified atom stereocenters. The lowest BCUT2D eigenvalue weighted by Crippen LogP contribution is -2.48. The summed E-state index contributed by atoms with van der Waals surface area (Å²) in [6.45, 7) is 1.45. The lowest BCUT2D eigenvalue weighted by atomic mass is 10.0. The molecule has 0 radical (unpaired) electrons. The number of rotatable bonds is 4. The normalized spacial score (nSPS) is 25.8. The average Bonchev–Trinajstić information content (AvgIpc) is 2.88. The number of halogens is 1. The predicted molar refractivity (Wildman–Crippen MR) is 96.1 cm³/mol. The van der Waals surface area contributed by atoms with Crippen LogP contribution in [-0.4, -0.2) is 58.4 Å². The number of hydrogen-bond donors (Lipinski definition) is 1. The molecular weight excluding hydrogens is 416 g/mol. The van der Waals surface area contributed by atoms with E-state index < -0.39 is 19.9 Å². The van der Waals surface area contributed by atoms with Crippen LogP contribution in [0.15, 0.2) is 33.6 Å². The van der Waals surface area contributed by atoms with E-state index >= 15 is 0 Å². The van der Waals surface area contributed by atoms with Crippen LogP contribution >= 0.6 is 15.9 Å². The van der Waals surface area contributed by atoms with Gasteiger partial charge in [0, 0.05) is 16.6 Å². The molecule has 0 aromatic heterocycles. The van der Waals surface area contributed by atoms with Gasteiger partial charge < -0.3 is 0 Å². The number of benzene rings is 1. The molecule has 2 aliphatic heterocycles. The molecule has 3 rings (SSSR count). The predicted octanol–water partition coefficient (Wildman–Crippen LogP) is 1.38. The first-order valence-electron chi connectivity index (χ1n) is 7.98. The summed E-state index contributed by atoms with van der Waals surface area (Å²) in [5.41, 5.74) is 0. The number of piperidine rings is 1. The Morgan fingerprint density at radius 3 is 2.38 bits per heavy atom. The van der Waals surface area contributed by atoms with Crippen molar-refractivity contribution in [3.8, 4) is 0 Å². The second-order valence-corrected chi connectivity index (χ2v) is 11.2. The van der Waals surface area contributed by atoms with Crippen molar-refractivity contribution in [1.29, 1.82) is 0 Å². The van der Waals surface area contributed by atoms with E-state index in [1.165, 1.54) is 0 Å². The summed E-state index contributed by atoms with van der Waals surface area (Å²) in [6.07, 6.45) is 2.08. The largest absolute Gasteiger partial charge is 0.299 e. The van der Waals surface area contributed by atoms with Crippen LogP contribution in [0.3, 0.4) is 0 Å². The zero-order valence-corrected chi connectivity index (χ0v) is 16.4. The van der Waals surface area contributed by atoms with Gasteiger partial charge in [-0.1, -0.05) is 12.1 Å². The summed E-state index contributed by atoms with van der Waals surface area (Å²) < 4.78 is 51.5. The van der Waals surface area contributed by atoms with Crippen molar-refractivity contribution < 1.29 is 16.8 Å². The molecule has 6 nitrogen and oxygen atoms in total. The highest BCUT2D eigenvalue weighted by atomic mass is 79.9. The van der Waals surface area contributed by atoms with Gasteiger partial charge in [-0.3, -0.25) is 4.90 Å². The van der Waals surface area contributed by atoms with Crippen LogP contribution in [0, 0.1) is 0 Å². The molecule has 24 heavy (non-hydrogen) atoms. The van der Waals surface area contributed by atoms with E-state index in [2.05, 4.69) is 25.6 Å². The highest BCUT2D eigenvalue weighted by molar-refractivity contribution is 9.10. The van der Waals surface area contributed by atoms with Gasteiger partial charge in [0.2, 0.25) is 10.0 Å². The van der Waals surface area contributed by atoms with Crippen LogP contribution in [0.1, 0.15) is 19.3 Å². The van der Waals surface area contributed by atoms with Crippen LogP contribution in [0.25, 0.3) is 0 Å². The van der Waals surface area contributed by atoms with Gasteiger partial charge in [0.1, 0.15) is 0 Å². The molecule has 0 bridgehead atoms. The maximum absolute atomic E-state index is 12.5. The smallest absolute Gasteiger partial charge is 0.241 e. The molecule has 0 aliphatic carbocycles. The quantitative estimate of drug-likeness (QED) is 0.770. The van der Waals surface area contributed by atoms with Gasteiger partial charge >= 0.3 is 0 Å². The van der Waals surface area contributed by atoms with E-state index in [9.17, 15) is 16.8 Å². The molecule has 2 saturated heterocycles. The van der Waals surface area contributed by atoms with Crippen molar-refractivity contribution in [2.75, 3.05) is 24.6 Å². The van der Waals surface area contributed by atoms with Crippen molar-refractivity contribution >= 4 is 35.8 Å². The molecule has 1 atom stereocenters. The Morgan fingerprint density at radius 2 is 1.79 bits per heavy atom. The Bertz CT molecular complexity index is 803. The standard InChI is InChI=1S/C15H21BrN2O4S2/c16-14-3-1-2-4-15(14)24(21,22)17-12-5-8-18(9-6-12)13-7-10-23(19,20)11-13/h1-4,12-13,17H,5-11H2/t13-/m0/s1. The second kappa shape index (κ2) is 7.03. The van der Waals surface area contributed by atoms with Gasteiger partial charge in [0.25, 0.3) is 0 Å². The fourth-order valence-corrected chi connectivity index (χ4v) is 7.46. The molecule has 0 amide bonds. The SMILES string of the molecule is O=S1(=O)CC[C@H](N2CCC(NS(=O)(=O)c3ccccc3Br)CC2)C1. The molecule has 2 heterocycles. The zero-order valence-electron chi connectivity index (χ0n) is 13.2. The van der Waals surface area contributed by atoms with E-state index in [0.29, 0.717) is 23.7 Å². The van der Waals surface area contributed by atoms with Crippen molar-refractivity contribution in [2.45, 2.75) is 36.2 Å². The molecule has 2 fully saturated rings. The third-order valence-corrected chi connectivity index (χ3v) is 8.99. The first-order valence-corrected chi connectivity index (χ1v) is 12.1. The molecule has 1 aromatic carbocycles. The topological polar surface area (TPSA) is 83.6 Å². The van der Waals surface area contributed by atoms with Gasteiger partial charge in [-0.2, -0.15) is 0 Å². The van der Waals surface area contributed by atoms with Crippen LogP contribution in [0.2, 0.25) is 0 Å². The van der Waals surface area contributed by atoms with Gasteiger partial charge in [0.15, 0.2) is 9.84 Å². The number of sulfone groups is 1. The minimum absolute atomic E-state index is 0.0934. The van der Waals surface area contributed by atoms with Crippen molar-refractivity contribution in [2.24, 2.45) is 0 Å². The van der Waals surface area contributed by atoms with Gasteiger partial charge in [-0.25, -0.2) is 21.6 Å². The molecule has 0 spiro atoms. The summed E-state index contributed by atoms with van der Waals surface area (Å²) in [5.74, 6) is 0.507. The van der Waals surface area contributed by atoms with Gasteiger partial charge in [0.05, 0.1) is 16.4 Å². The van der Waals surface area contributed by atoms with Crippen LogP contribution in [-0.2, 0) is 19.9 Å². The third-order valence-electron chi connectivity index (χ3n) is 4.70. The fraction of sp³-hybridized carbons (Fsp3) is 0.600. The molecular formula is C15H21BrN2O4S2. The second-order valence-electron chi connectivity index (χ2n) is 6.42. The first-order chi connectivity index (χ1) is 11.3. The van der Waals surface area contributed by atoms with Crippen LogP contribution in [0.5, 0.6) is 0 Å². The molecule has 134 valence electrons.